The van der Waals surface area contributed by atoms with Crippen molar-refractivity contribution >= 4 is 22.5 Å². The maximum absolute atomic E-state index is 14.1. The monoisotopic (exact) mass is 310 g/mol. The zero-order valence-electron chi connectivity index (χ0n) is 12.5. The number of fused-ring (bicyclic) bond motifs is 1. The second-order valence-corrected chi connectivity index (χ2v) is 5.36. The molecule has 2 aromatic carbocycles. The van der Waals surface area contributed by atoms with Gasteiger partial charge >= 0.3 is 0 Å². The summed E-state index contributed by atoms with van der Waals surface area (Å²) in [6.07, 6.45) is 1.43. The first-order valence-electron chi connectivity index (χ1n) is 7.19. The number of hydrogen-bond donors (Lipinski definition) is 1. The van der Waals surface area contributed by atoms with Gasteiger partial charge in [-0.2, -0.15) is 0 Å². The van der Waals surface area contributed by atoms with Gasteiger partial charge in [0.25, 0.3) is 0 Å². The van der Waals surface area contributed by atoms with Crippen LogP contribution in [-0.4, -0.2) is 10.5 Å². The molecule has 0 unspecified atom stereocenters. The molecular weight excluding hydrogens is 295 g/mol. The van der Waals surface area contributed by atoms with Crippen LogP contribution in [0.4, 0.5) is 10.1 Å². The number of anilines is 1. The number of nitrogens with one attached hydrogen (secondary N) is 1. The Morgan fingerprint density at radius 1 is 1.17 bits per heavy atom. The topological polar surface area (TPSA) is 51.1 Å². The van der Waals surface area contributed by atoms with Crippen molar-refractivity contribution in [3.63, 3.8) is 0 Å². The van der Waals surface area contributed by atoms with Crippen LogP contribution in [0, 0.1) is 12.7 Å². The number of rotatable bonds is 3. The number of halogens is 1. The Kier molecular flexibility index (Phi) is 3.93. The first-order chi connectivity index (χ1) is 11.0. The molecule has 0 bridgehead atoms. The van der Waals surface area contributed by atoms with Gasteiger partial charge in [-0.1, -0.05) is 18.2 Å². The minimum absolute atomic E-state index is 0.0777. The minimum Gasteiger partial charge on any atom is -0.335 e. The number of nitrogens with zero attached hydrogens (tertiary/aromatic N) is 1. The molecule has 0 aliphatic rings. The van der Waals surface area contributed by atoms with Crippen LogP contribution >= 0.6 is 0 Å². The Hall–Kier alpha value is -2.95. The van der Waals surface area contributed by atoms with Crippen LogP contribution in [0.1, 0.15) is 5.56 Å². The normalized spacial score (nSPS) is 10.7. The van der Waals surface area contributed by atoms with Gasteiger partial charge in [-0.3, -0.25) is 9.59 Å². The third-order valence-corrected chi connectivity index (χ3v) is 3.56. The molecular formula is C18H15FN2O2. The van der Waals surface area contributed by atoms with Gasteiger partial charge in [-0.15, -0.1) is 0 Å². The smallest absolute Gasteiger partial charge is 0.244 e. The maximum Gasteiger partial charge on any atom is 0.244 e. The zero-order valence-corrected chi connectivity index (χ0v) is 12.5. The first-order valence-corrected chi connectivity index (χ1v) is 7.19. The number of hydrogen-bond acceptors (Lipinski definition) is 2. The summed E-state index contributed by atoms with van der Waals surface area (Å²) in [5.41, 5.74) is 1.58. The number of carbonyl (C=O) groups excluding carboxylic acids is 1. The molecule has 0 radical (unpaired) electrons. The highest BCUT2D eigenvalue weighted by atomic mass is 19.1. The Balaban J connectivity index is 1.91. The molecule has 0 saturated heterocycles. The molecule has 1 amide bonds. The molecule has 3 rings (SSSR count). The minimum atomic E-state index is -0.524. The third-order valence-electron chi connectivity index (χ3n) is 3.56. The second-order valence-electron chi connectivity index (χ2n) is 5.36. The average molecular weight is 310 g/mol. The van der Waals surface area contributed by atoms with Crippen molar-refractivity contribution in [2.24, 2.45) is 0 Å². The highest BCUT2D eigenvalue weighted by molar-refractivity contribution is 5.91. The lowest BCUT2D eigenvalue weighted by atomic mass is 10.2. The van der Waals surface area contributed by atoms with E-state index in [4.69, 9.17) is 0 Å². The van der Waals surface area contributed by atoms with E-state index in [1.807, 2.05) is 25.1 Å². The fraction of sp³-hybridized carbons (Fsp3) is 0.111. The Morgan fingerprint density at radius 2 is 1.96 bits per heavy atom. The molecule has 1 heterocycles. The molecule has 0 saturated carbocycles. The molecule has 0 aliphatic heterocycles. The van der Waals surface area contributed by atoms with Crippen LogP contribution < -0.4 is 10.7 Å². The molecule has 116 valence electrons. The van der Waals surface area contributed by atoms with Gasteiger partial charge in [-0.25, -0.2) is 4.39 Å². The summed E-state index contributed by atoms with van der Waals surface area (Å²) >= 11 is 0. The van der Waals surface area contributed by atoms with Crippen molar-refractivity contribution in [3.8, 4) is 0 Å². The summed E-state index contributed by atoms with van der Waals surface area (Å²) in [5.74, 6) is -0.813. The van der Waals surface area contributed by atoms with Gasteiger partial charge in [0.1, 0.15) is 12.4 Å². The Labute approximate surface area is 132 Å². The van der Waals surface area contributed by atoms with E-state index in [1.165, 1.54) is 29.0 Å². The predicted octanol–water partition coefficient (Wildman–Crippen LogP) is 3.09. The number of amides is 1. The highest BCUT2D eigenvalue weighted by Gasteiger charge is 2.10. The molecule has 0 aliphatic carbocycles. The molecule has 3 aromatic rings. The SMILES string of the molecule is Cc1cccc(NC(=O)Cn2ccc(=O)c3cccc(F)c32)c1. The van der Waals surface area contributed by atoms with Crippen LogP contribution in [0.3, 0.4) is 0 Å². The lowest BCUT2D eigenvalue weighted by Crippen LogP contribution is -2.20. The van der Waals surface area contributed by atoms with E-state index in [-0.39, 0.29) is 28.8 Å². The van der Waals surface area contributed by atoms with Crippen molar-refractivity contribution in [1.82, 2.24) is 4.57 Å². The van der Waals surface area contributed by atoms with E-state index in [0.29, 0.717) is 5.69 Å². The molecule has 1 aromatic heterocycles. The molecule has 4 nitrogen and oxygen atoms in total. The zero-order chi connectivity index (χ0) is 16.4. The van der Waals surface area contributed by atoms with E-state index in [1.54, 1.807) is 12.1 Å². The van der Waals surface area contributed by atoms with Crippen molar-refractivity contribution in [3.05, 3.63) is 76.3 Å². The lowest BCUT2D eigenvalue weighted by Gasteiger charge is -2.12. The lowest BCUT2D eigenvalue weighted by molar-refractivity contribution is -0.116. The molecule has 1 N–H and O–H groups in total. The maximum atomic E-state index is 14.1. The summed E-state index contributed by atoms with van der Waals surface area (Å²) in [6.45, 7) is 1.85. The van der Waals surface area contributed by atoms with Crippen LogP contribution in [-0.2, 0) is 11.3 Å². The van der Waals surface area contributed by atoms with Crippen molar-refractivity contribution in [1.29, 1.82) is 0 Å². The van der Waals surface area contributed by atoms with Gasteiger partial charge in [-0.05, 0) is 36.8 Å². The van der Waals surface area contributed by atoms with Crippen molar-refractivity contribution < 1.29 is 9.18 Å². The van der Waals surface area contributed by atoms with E-state index < -0.39 is 5.82 Å². The molecule has 23 heavy (non-hydrogen) atoms. The molecule has 5 heteroatoms. The van der Waals surface area contributed by atoms with Crippen LogP contribution in [0.25, 0.3) is 10.9 Å². The van der Waals surface area contributed by atoms with Gasteiger partial charge < -0.3 is 9.88 Å². The average Bonchev–Trinajstić information content (AvgIpc) is 2.50. The van der Waals surface area contributed by atoms with Gasteiger partial charge in [0.15, 0.2) is 5.43 Å². The fourth-order valence-corrected chi connectivity index (χ4v) is 2.54. The number of aromatic nitrogens is 1. The van der Waals surface area contributed by atoms with Gasteiger partial charge in [0.2, 0.25) is 5.91 Å². The van der Waals surface area contributed by atoms with Gasteiger partial charge in [0.05, 0.1) is 5.52 Å². The number of pyridine rings is 1. The first kappa shape index (κ1) is 15.0. The van der Waals surface area contributed by atoms with E-state index >= 15 is 0 Å². The summed E-state index contributed by atoms with van der Waals surface area (Å²) < 4.78 is 15.5. The Morgan fingerprint density at radius 3 is 2.74 bits per heavy atom. The van der Waals surface area contributed by atoms with Crippen molar-refractivity contribution in [2.45, 2.75) is 13.5 Å². The summed E-state index contributed by atoms with van der Waals surface area (Å²) in [7, 11) is 0. The predicted molar refractivity (Wildman–Crippen MR) is 88.0 cm³/mol. The third kappa shape index (κ3) is 3.13. The fourth-order valence-electron chi connectivity index (χ4n) is 2.54. The summed E-state index contributed by atoms with van der Waals surface area (Å²) in [6, 6.07) is 13.1. The van der Waals surface area contributed by atoms with Crippen LogP contribution in [0.15, 0.2) is 59.5 Å². The highest BCUT2D eigenvalue weighted by Crippen LogP contribution is 2.15. The quantitative estimate of drug-likeness (QED) is 0.808. The number of aryl methyl sites for hydroxylation is 1. The largest absolute Gasteiger partial charge is 0.335 e. The van der Waals surface area contributed by atoms with E-state index in [9.17, 15) is 14.0 Å². The molecule has 0 atom stereocenters. The number of para-hydroxylation sites is 1. The number of carbonyl (C=O) groups is 1. The summed E-state index contributed by atoms with van der Waals surface area (Å²) in [5, 5.41) is 3.03. The van der Waals surface area contributed by atoms with Crippen molar-refractivity contribution in [2.75, 3.05) is 5.32 Å². The van der Waals surface area contributed by atoms with E-state index in [0.717, 1.165) is 5.56 Å². The molecule has 0 fully saturated rings. The summed E-state index contributed by atoms with van der Waals surface area (Å²) in [4.78, 5) is 24.0. The Bertz CT molecular complexity index is 947. The second kappa shape index (κ2) is 6.04. The van der Waals surface area contributed by atoms with Crippen LogP contribution in [0.2, 0.25) is 0 Å². The molecule has 0 spiro atoms. The van der Waals surface area contributed by atoms with E-state index in [2.05, 4.69) is 5.32 Å². The standard InChI is InChI=1S/C18H15FN2O2/c1-12-4-2-5-13(10-12)20-17(23)11-21-9-8-16(22)14-6-3-7-15(19)18(14)21/h2-10H,11H2,1H3,(H,20,23). The number of benzene rings is 2. The van der Waals surface area contributed by atoms with Crippen LogP contribution in [0.5, 0.6) is 0 Å². The van der Waals surface area contributed by atoms with Gasteiger partial charge in [0, 0.05) is 23.3 Å².